The zero-order valence-corrected chi connectivity index (χ0v) is 12.9. The predicted octanol–water partition coefficient (Wildman–Crippen LogP) is 4.47. The Morgan fingerprint density at radius 1 is 0.850 bits per heavy atom. The summed E-state index contributed by atoms with van der Waals surface area (Å²) in [4.78, 5) is 4.00. The van der Waals surface area contributed by atoms with E-state index < -0.39 is 0 Å². The van der Waals surface area contributed by atoms with E-state index in [0.29, 0.717) is 0 Å². The predicted molar refractivity (Wildman–Crippen MR) is 83.2 cm³/mol. The second kappa shape index (κ2) is 8.59. The van der Waals surface area contributed by atoms with Crippen molar-refractivity contribution in [3.05, 3.63) is 53.3 Å². The lowest BCUT2D eigenvalue weighted by atomic mass is 10.2. The highest BCUT2D eigenvalue weighted by Gasteiger charge is 1.95. The first-order valence-corrected chi connectivity index (χ1v) is 7.55. The first kappa shape index (κ1) is 14.9. The van der Waals surface area contributed by atoms with Gasteiger partial charge < -0.3 is 9.47 Å². The SMILES string of the molecule is Brc1ccc(OCCCCCOc2cccnc2)cc1. The van der Waals surface area contributed by atoms with Gasteiger partial charge >= 0.3 is 0 Å². The first-order chi connectivity index (χ1) is 9.84. The Labute approximate surface area is 128 Å². The highest BCUT2D eigenvalue weighted by Crippen LogP contribution is 2.16. The molecule has 3 nitrogen and oxygen atoms in total. The lowest BCUT2D eigenvalue weighted by Gasteiger charge is -2.07. The maximum absolute atomic E-state index is 5.65. The van der Waals surface area contributed by atoms with Crippen LogP contribution in [0.1, 0.15) is 19.3 Å². The molecular formula is C16H18BrNO2. The minimum atomic E-state index is 0.726. The molecule has 0 saturated carbocycles. The van der Waals surface area contributed by atoms with Gasteiger partial charge in [-0.05, 0) is 55.7 Å². The van der Waals surface area contributed by atoms with Gasteiger partial charge in [0.25, 0.3) is 0 Å². The maximum atomic E-state index is 5.65. The van der Waals surface area contributed by atoms with Crippen molar-refractivity contribution in [2.24, 2.45) is 0 Å². The lowest BCUT2D eigenvalue weighted by Crippen LogP contribution is -2.01. The zero-order valence-electron chi connectivity index (χ0n) is 11.3. The molecule has 1 aromatic heterocycles. The summed E-state index contributed by atoms with van der Waals surface area (Å²) in [6.07, 6.45) is 6.63. The van der Waals surface area contributed by atoms with E-state index in [9.17, 15) is 0 Å². The summed E-state index contributed by atoms with van der Waals surface area (Å²) in [5.41, 5.74) is 0. The molecule has 0 aliphatic rings. The van der Waals surface area contributed by atoms with Gasteiger partial charge in [0.05, 0.1) is 19.4 Å². The Balaban J connectivity index is 1.51. The number of halogens is 1. The number of hydrogen-bond donors (Lipinski definition) is 0. The molecule has 0 aliphatic carbocycles. The second-order valence-corrected chi connectivity index (χ2v) is 5.32. The van der Waals surface area contributed by atoms with Gasteiger partial charge in [0.2, 0.25) is 0 Å². The van der Waals surface area contributed by atoms with Crippen molar-refractivity contribution in [2.45, 2.75) is 19.3 Å². The van der Waals surface area contributed by atoms with Crippen molar-refractivity contribution in [2.75, 3.05) is 13.2 Å². The van der Waals surface area contributed by atoms with Crippen molar-refractivity contribution in [3.8, 4) is 11.5 Å². The second-order valence-electron chi connectivity index (χ2n) is 4.40. The van der Waals surface area contributed by atoms with Gasteiger partial charge in [-0.25, -0.2) is 0 Å². The summed E-state index contributed by atoms with van der Waals surface area (Å²) < 4.78 is 12.3. The average Bonchev–Trinajstić information content (AvgIpc) is 2.49. The highest BCUT2D eigenvalue weighted by atomic mass is 79.9. The third kappa shape index (κ3) is 5.61. The third-order valence-corrected chi connectivity index (χ3v) is 3.30. The molecule has 0 N–H and O–H groups in total. The van der Waals surface area contributed by atoms with Crippen LogP contribution in [-0.2, 0) is 0 Å². The Morgan fingerprint density at radius 3 is 2.20 bits per heavy atom. The number of rotatable bonds is 8. The number of ether oxygens (including phenoxy) is 2. The van der Waals surface area contributed by atoms with Crippen LogP contribution >= 0.6 is 15.9 Å². The van der Waals surface area contributed by atoms with Crippen LogP contribution in [0, 0.1) is 0 Å². The van der Waals surface area contributed by atoms with E-state index in [0.717, 1.165) is 48.4 Å². The molecule has 0 atom stereocenters. The normalized spacial score (nSPS) is 10.2. The van der Waals surface area contributed by atoms with Crippen molar-refractivity contribution in [1.29, 1.82) is 0 Å². The van der Waals surface area contributed by atoms with E-state index >= 15 is 0 Å². The monoisotopic (exact) mass is 335 g/mol. The van der Waals surface area contributed by atoms with Crippen LogP contribution in [-0.4, -0.2) is 18.2 Å². The number of pyridine rings is 1. The molecule has 0 fully saturated rings. The van der Waals surface area contributed by atoms with E-state index in [1.54, 1.807) is 12.4 Å². The van der Waals surface area contributed by atoms with Crippen molar-refractivity contribution in [3.63, 3.8) is 0 Å². The standard InChI is InChI=1S/C16H18BrNO2/c17-14-6-8-15(9-7-14)19-11-2-1-3-12-20-16-5-4-10-18-13-16/h4-10,13H,1-3,11-12H2. The minimum absolute atomic E-state index is 0.726. The summed E-state index contributed by atoms with van der Waals surface area (Å²) >= 11 is 3.40. The molecule has 0 amide bonds. The van der Waals surface area contributed by atoms with Crippen LogP contribution in [0.3, 0.4) is 0 Å². The molecule has 1 aromatic carbocycles. The van der Waals surface area contributed by atoms with Gasteiger partial charge in [-0.2, -0.15) is 0 Å². The molecule has 20 heavy (non-hydrogen) atoms. The van der Waals surface area contributed by atoms with Gasteiger partial charge in [0.1, 0.15) is 11.5 Å². The smallest absolute Gasteiger partial charge is 0.137 e. The number of nitrogens with zero attached hydrogens (tertiary/aromatic N) is 1. The van der Waals surface area contributed by atoms with Gasteiger partial charge in [-0.3, -0.25) is 4.98 Å². The van der Waals surface area contributed by atoms with E-state index in [1.165, 1.54) is 0 Å². The van der Waals surface area contributed by atoms with E-state index in [1.807, 2.05) is 36.4 Å². The third-order valence-electron chi connectivity index (χ3n) is 2.77. The lowest BCUT2D eigenvalue weighted by molar-refractivity contribution is 0.279. The zero-order chi connectivity index (χ0) is 14.0. The Morgan fingerprint density at radius 2 is 1.55 bits per heavy atom. The van der Waals surface area contributed by atoms with Crippen molar-refractivity contribution in [1.82, 2.24) is 4.98 Å². The summed E-state index contributed by atoms with van der Waals surface area (Å²) in [6, 6.07) is 11.7. The minimum Gasteiger partial charge on any atom is -0.494 e. The van der Waals surface area contributed by atoms with Gasteiger partial charge in [-0.15, -0.1) is 0 Å². The fourth-order valence-electron chi connectivity index (χ4n) is 1.72. The van der Waals surface area contributed by atoms with Gasteiger partial charge in [0.15, 0.2) is 0 Å². The Hall–Kier alpha value is -1.55. The Bertz CT molecular complexity index is 488. The fourth-order valence-corrected chi connectivity index (χ4v) is 1.99. The van der Waals surface area contributed by atoms with E-state index in [2.05, 4.69) is 20.9 Å². The van der Waals surface area contributed by atoms with Crippen molar-refractivity contribution >= 4 is 15.9 Å². The summed E-state index contributed by atoms with van der Waals surface area (Å²) in [6.45, 7) is 1.47. The van der Waals surface area contributed by atoms with Crippen LogP contribution < -0.4 is 9.47 Å². The molecule has 4 heteroatoms. The number of hydrogen-bond acceptors (Lipinski definition) is 3. The van der Waals surface area contributed by atoms with Crippen molar-refractivity contribution < 1.29 is 9.47 Å². The van der Waals surface area contributed by atoms with Gasteiger partial charge in [0, 0.05) is 10.7 Å². The van der Waals surface area contributed by atoms with Crippen LogP contribution in [0.25, 0.3) is 0 Å². The van der Waals surface area contributed by atoms with Crippen LogP contribution in [0.4, 0.5) is 0 Å². The first-order valence-electron chi connectivity index (χ1n) is 6.76. The molecule has 2 rings (SSSR count). The fraction of sp³-hybridized carbons (Fsp3) is 0.312. The maximum Gasteiger partial charge on any atom is 0.137 e. The van der Waals surface area contributed by atoms with Crippen LogP contribution in [0.5, 0.6) is 11.5 Å². The molecular weight excluding hydrogens is 318 g/mol. The molecule has 0 radical (unpaired) electrons. The quantitative estimate of drug-likeness (QED) is 0.667. The van der Waals surface area contributed by atoms with Crippen LogP contribution in [0.2, 0.25) is 0 Å². The summed E-state index contributed by atoms with van der Waals surface area (Å²) in [5.74, 6) is 1.75. The van der Waals surface area contributed by atoms with E-state index in [-0.39, 0.29) is 0 Å². The summed E-state index contributed by atoms with van der Waals surface area (Å²) in [5, 5.41) is 0. The van der Waals surface area contributed by atoms with Crippen LogP contribution in [0.15, 0.2) is 53.3 Å². The highest BCUT2D eigenvalue weighted by molar-refractivity contribution is 9.10. The number of unbranched alkanes of at least 4 members (excludes halogenated alkanes) is 2. The molecule has 1 heterocycles. The molecule has 0 saturated heterocycles. The number of benzene rings is 1. The van der Waals surface area contributed by atoms with Gasteiger partial charge in [-0.1, -0.05) is 15.9 Å². The van der Waals surface area contributed by atoms with E-state index in [4.69, 9.17) is 9.47 Å². The summed E-state index contributed by atoms with van der Waals surface area (Å²) in [7, 11) is 0. The molecule has 0 unspecified atom stereocenters. The molecule has 0 bridgehead atoms. The Kier molecular flexibility index (Phi) is 6.38. The topological polar surface area (TPSA) is 31.4 Å². The molecule has 0 spiro atoms. The molecule has 2 aromatic rings. The largest absolute Gasteiger partial charge is 0.494 e. The number of aromatic nitrogens is 1. The molecule has 106 valence electrons. The molecule has 0 aliphatic heterocycles. The average molecular weight is 336 g/mol.